The molecule has 3 aliphatic rings. The molecule has 1 aromatic heterocycles. The lowest BCUT2D eigenvalue weighted by molar-refractivity contribution is -0.158. The van der Waals surface area contributed by atoms with Crippen molar-refractivity contribution in [1.82, 2.24) is 14.7 Å². The third kappa shape index (κ3) is 5.40. The Labute approximate surface area is 257 Å². The number of rotatable bonds is 7. The smallest absolute Gasteiger partial charge is 0.318 e. The Morgan fingerprint density at radius 3 is 2.48 bits per heavy atom. The lowest BCUT2D eigenvalue weighted by atomic mass is 9.69. The zero-order valence-corrected chi connectivity index (χ0v) is 25.2. The normalized spacial score (nSPS) is 23.5. The van der Waals surface area contributed by atoms with Gasteiger partial charge in [-0.1, -0.05) is 61.4 Å². The summed E-state index contributed by atoms with van der Waals surface area (Å²) in [6.45, 7) is 3.71. The highest BCUT2D eigenvalue weighted by Gasteiger charge is 2.61. The largest absolute Gasteiger partial charge is 0.465 e. The Kier molecular flexibility index (Phi) is 8.55. The number of esters is 1. The number of hydrogen-bond acceptors (Lipinski definition) is 6. The molecule has 1 aliphatic carbocycles. The maximum atomic E-state index is 14.5. The number of benzene rings is 2. The van der Waals surface area contributed by atoms with Crippen LogP contribution in [0, 0.1) is 11.3 Å². The van der Waals surface area contributed by atoms with Gasteiger partial charge in [-0.25, -0.2) is 0 Å². The van der Waals surface area contributed by atoms with Gasteiger partial charge < -0.3 is 23.9 Å². The van der Waals surface area contributed by atoms with Crippen LogP contribution in [-0.4, -0.2) is 71.2 Å². The number of hydrogen-bond donors (Lipinski definition) is 0. The van der Waals surface area contributed by atoms with Crippen LogP contribution in [0.5, 0.6) is 0 Å². The predicted octanol–water partition coefficient (Wildman–Crippen LogP) is 5.16. The maximum Gasteiger partial charge on any atom is 0.318 e. The minimum Gasteiger partial charge on any atom is -0.465 e. The first-order chi connectivity index (χ1) is 21.4. The molecule has 9 heteroatoms. The molecule has 44 heavy (non-hydrogen) atoms. The molecule has 3 amide bonds. The summed E-state index contributed by atoms with van der Waals surface area (Å²) in [5, 5.41) is 2.13. The highest BCUT2D eigenvalue weighted by molar-refractivity contribution is 5.99. The second-order valence-corrected chi connectivity index (χ2v) is 11.9. The third-order valence-electron chi connectivity index (χ3n) is 9.40. The summed E-state index contributed by atoms with van der Waals surface area (Å²) in [4.78, 5) is 60.2. The van der Waals surface area contributed by atoms with E-state index in [1.54, 1.807) is 33.8 Å². The molecule has 0 N–H and O–H groups in total. The molecule has 0 spiro atoms. The van der Waals surface area contributed by atoms with Crippen molar-refractivity contribution in [3.8, 4) is 0 Å². The molecule has 3 heterocycles. The second kappa shape index (κ2) is 12.7. The Bertz CT molecular complexity index is 1570. The molecule has 230 valence electrons. The van der Waals surface area contributed by atoms with Crippen LogP contribution in [0.4, 0.5) is 0 Å². The molecule has 2 fully saturated rings. The lowest BCUT2D eigenvalue weighted by Crippen LogP contribution is -2.51. The number of likely N-dealkylation sites (tertiary alicyclic amines) is 1. The summed E-state index contributed by atoms with van der Waals surface area (Å²) < 4.78 is 11.0. The number of carbonyl (C=O) groups is 4. The van der Waals surface area contributed by atoms with E-state index in [0.717, 1.165) is 42.0 Å². The van der Waals surface area contributed by atoms with E-state index < -0.39 is 17.3 Å². The van der Waals surface area contributed by atoms with Gasteiger partial charge in [0.1, 0.15) is 5.41 Å². The minimum absolute atomic E-state index is 0.0901. The van der Waals surface area contributed by atoms with E-state index in [2.05, 4.69) is 0 Å². The van der Waals surface area contributed by atoms with Crippen molar-refractivity contribution in [1.29, 1.82) is 0 Å². The van der Waals surface area contributed by atoms with Crippen molar-refractivity contribution in [2.45, 2.75) is 52.0 Å². The summed E-state index contributed by atoms with van der Waals surface area (Å²) in [6, 6.07) is 17.4. The van der Waals surface area contributed by atoms with Crippen molar-refractivity contribution in [2.75, 3.05) is 32.8 Å². The third-order valence-corrected chi connectivity index (χ3v) is 9.40. The minimum atomic E-state index is -1.22. The molecule has 2 atom stereocenters. The fraction of sp³-hybridized carbons (Fsp3) is 0.429. The van der Waals surface area contributed by atoms with Crippen LogP contribution >= 0.6 is 0 Å². The molecule has 0 saturated carbocycles. The van der Waals surface area contributed by atoms with E-state index in [1.807, 2.05) is 48.5 Å². The van der Waals surface area contributed by atoms with Crippen molar-refractivity contribution in [3.63, 3.8) is 0 Å². The average Bonchev–Trinajstić information content (AvgIpc) is 3.64. The summed E-state index contributed by atoms with van der Waals surface area (Å²) in [7, 11) is 0. The van der Waals surface area contributed by atoms with Crippen molar-refractivity contribution >= 4 is 34.5 Å². The van der Waals surface area contributed by atoms with Gasteiger partial charge in [0, 0.05) is 38.3 Å². The Hall–Kier alpha value is -4.40. The standard InChI is InChI=1S/C35H39N3O6/c1-2-43-34(42)35-17-8-4-3-5-16-30(35)38(24-26-13-9-12-25-11-6-7-14-27(25)26)32(40)28(35)23-31(39)36-18-20-37(21-19-36)33(41)29-15-10-22-44-29/h6-7,9-16,22,28H,2-5,8,17-21,23-24H2,1H3/b30-16+. The molecule has 2 unspecified atom stereocenters. The fourth-order valence-electron chi connectivity index (χ4n) is 7.15. The zero-order chi connectivity index (χ0) is 30.7. The quantitative estimate of drug-likeness (QED) is 0.349. The topological polar surface area (TPSA) is 100 Å². The van der Waals surface area contributed by atoms with Gasteiger partial charge in [0.25, 0.3) is 5.91 Å². The molecule has 9 nitrogen and oxygen atoms in total. The molecule has 6 rings (SSSR count). The molecular weight excluding hydrogens is 558 g/mol. The van der Waals surface area contributed by atoms with Crippen LogP contribution in [0.2, 0.25) is 0 Å². The fourth-order valence-corrected chi connectivity index (χ4v) is 7.15. The van der Waals surface area contributed by atoms with Gasteiger partial charge in [-0.3, -0.25) is 19.2 Å². The summed E-state index contributed by atoms with van der Waals surface area (Å²) >= 11 is 0. The van der Waals surface area contributed by atoms with Crippen LogP contribution in [0.1, 0.15) is 61.6 Å². The lowest BCUT2D eigenvalue weighted by Gasteiger charge is -2.37. The van der Waals surface area contributed by atoms with E-state index in [-0.39, 0.29) is 36.5 Å². The van der Waals surface area contributed by atoms with Gasteiger partial charge in [0.05, 0.1) is 25.3 Å². The predicted molar refractivity (Wildman–Crippen MR) is 164 cm³/mol. The van der Waals surface area contributed by atoms with Crippen LogP contribution in [-0.2, 0) is 25.7 Å². The van der Waals surface area contributed by atoms with Crippen LogP contribution in [0.25, 0.3) is 10.8 Å². The van der Waals surface area contributed by atoms with Crippen molar-refractivity contribution in [3.05, 3.63) is 84.0 Å². The number of fused-ring (bicyclic) bond motifs is 2. The van der Waals surface area contributed by atoms with E-state index in [9.17, 15) is 19.2 Å². The van der Waals surface area contributed by atoms with Crippen LogP contribution in [0.3, 0.4) is 0 Å². The molecule has 3 aromatic rings. The van der Waals surface area contributed by atoms with E-state index in [4.69, 9.17) is 9.15 Å². The van der Waals surface area contributed by atoms with E-state index in [1.165, 1.54) is 6.26 Å². The number of ether oxygens (including phenoxy) is 1. The Morgan fingerprint density at radius 2 is 1.70 bits per heavy atom. The van der Waals surface area contributed by atoms with Crippen molar-refractivity contribution in [2.24, 2.45) is 11.3 Å². The van der Waals surface area contributed by atoms with Gasteiger partial charge in [-0.15, -0.1) is 0 Å². The SMILES string of the molecule is CCOC(=O)C12CCCCC/C=C\1N(Cc1cccc3ccccc13)C(=O)C2CC(=O)N1CCN(C(=O)c2ccco2)CC1. The summed E-state index contributed by atoms with van der Waals surface area (Å²) in [6.07, 6.45) is 7.31. The second-order valence-electron chi connectivity index (χ2n) is 11.9. The van der Waals surface area contributed by atoms with E-state index >= 15 is 0 Å². The van der Waals surface area contributed by atoms with Gasteiger partial charge in [-0.2, -0.15) is 0 Å². The Morgan fingerprint density at radius 1 is 0.932 bits per heavy atom. The molecule has 2 aromatic carbocycles. The van der Waals surface area contributed by atoms with Gasteiger partial charge >= 0.3 is 5.97 Å². The zero-order valence-electron chi connectivity index (χ0n) is 25.2. The number of furan rings is 1. The monoisotopic (exact) mass is 597 g/mol. The maximum absolute atomic E-state index is 14.5. The molecule has 0 radical (unpaired) electrons. The number of amides is 3. The first-order valence-corrected chi connectivity index (χ1v) is 15.7. The molecule has 2 aliphatic heterocycles. The highest BCUT2D eigenvalue weighted by Crippen LogP contribution is 2.53. The van der Waals surface area contributed by atoms with Gasteiger partial charge in [0.15, 0.2) is 5.76 Å². The van der Waals surface area contributed by atoms with Gasteiger partial charge in [-0.05, 0) is 54.7 Å². The highest BCUT2D eigenvalue weighted by atomic mass is 16.5. The van der Waals surface area contributed by atoms with Crippen molar-refractivity contribution < 1.29 is 28.3 Å². The number of carbonyl (C=O) groups excluding carboxylic acids is 4. The molecule has 0 bridgehead atoms. The average molecular weight is 598 g/mol. The first kappa shape index (κ1) is 29.7. The molecular formula is C35H39N3O6. The first-order valence-electron chi connectivity index (χ1n) is 15.7. The number of allylic oxidation sites excluding steroid dienone is 1. The number of piperazine rings is 1. The summed E-state index contributed by atoms with van der Waals surface area (Å²) in [5.41, 5.74) is 0.451. The van der Waals surface area contributed by atoms with Gasteiger partial charge in [0.2, 0.25) is 11.8 Å². The van der Waals surface area contributed by atoms with Crippen LogP contribution < -0.4 is 0 Å². The summed E-state index contributed by atoms with van der Waals surface area (Å²) in [5.74, 6) is -1.62. The number of nitrogens with zero attached hydrogens (tertiary/aromatic N) is 3. The molecule has 2 saturated heterocycles. The Balaban J connectivity index is 1.29. The van der Waals surface area contributed by atoms with E-state index in [0.29, 0.717) is 44.8 Å². The van der Waals surface area contributed by atoms with Crippen LogP contribution in [0.15, 0.2) is 77.1 Å².